The lowest BCUT2D eigenvalue weighted by Crippen LogP contribution is -2.25. The number of nitrogens with zero attached hydrogens (tertiary/aromatic N) is 1. The fourth-order valence-corrected chi connectivity index (χ4v) is 3.06. The summed E-state index contributed by atoms with van der Waals surface area (Å²) in [7, 11) is -2.09. The van der Waals surface area contributed by atoms with Crippen LogP contribution in [0.25, 0.3) is 0 Å². The van der Waals surface area contributed by atoms with Gasteiger partial charge in [-0.2, -0.15) is 0 Å². The molecule has 0 fully saturated rings. The molecular weight excluding hydrogens is 416 g/mol. The minimum Gasteiger partial charge on any atom is -0.462 e. The molecule has 0 aromatic heterocycles. The van der Waals surface area contributed by atoms with Crippen molar-refractivity contribution in [3.8, 4) is 0 Å². The van der Waals surface area contributed by atoms with Crippen molar-refractivity contribution in [1.82, 2.24) is 0 Å². The lowest BCUT2D eigenvalue weighted by molar-refractivity contribution is 0.0499. The van der Waals surface area contributed by atoms with Gasteiger partial charge in [0, 0.05) is 12.7 Å². The molecular formula is C20H23ClN2O5S. The molecule has 2 rings (SSSR count). The molecule has 1 amide bonds. The molecule has 0 saturated carbocycles. The van der Waals surface area contributed by atoms with Crippen molar-refractivity contribution in [2.24, 2.45) is 0 Å². The smallest absolute Gasteiger partial charge is 0.338 e. The van der Waals surface area contributed by atoms with Crippen molar-refractivity contribution >= 4 is 44.9 Å². The maximum Gasteiger partial charge on any atom is 0.338 e. The van der Waals surface area contributed by atoms with Crippen LogP contribution in [0.2, 0.25) is 5.02 Å². The van der Waals surface area contributed by atoms with Crippen LogP contribution in [-0.2, 0) is 14.8 Å². The van der Waals surface area contributed by atoms with E-state index in [0.717, 1.165) is 23.4 Å². The summed E-state index contributed by atoms with van der Waals surface area (Å²) in [5.74, 6) is -0.923. The van der Waals surface area contributed by atoms with Gasteiger partial charge >= 0.3 is 5.97 Å². The van der Waals surface area contributed by atoms with Crippen LogP contribution >= 0.6 is 11.6 Å². The summed E-state index contributed by atoms with van der Waals surface area (Å²) >= 11 is 6.11. The number of carbonyl (C=O) groups is 2. The third-order valence-corrected chi connectivity index (χ3v) is 5.70. The molecule has 9 heteroatoms. The standard InChI is InChI=1S/C20H23ClN2O5S/c1-4-5-12-28-20(25)14-6-8-15(9-7-14)22-19(24)17-13-16(10-11-18(17)21)23(2)29(3,26)27/h6-11,13H,4-5,12H2,1-3H3,(H,22,24). The first-order valence-corrected chi connectivity index (χ1v) is 11.2. The maximum absolute atomic E-state index is 12.6. The highest BCUT2D eigenvalue weighted by atomic mass is 35.5. The zero-order valence-electron chi connectivity index (χ0n) is 16.4. The number of benzene rings is 2. The Morgan fingerprint density at radius 2 is 1.79 bits per heavy atom. The number of ether oxygens (including phenoxy) is 1. The van der Waals surface area contributed by atoms with Crippen molar-refractivity contribution < 1.29 is 22.7 Å². The second-order valence-electron chi connectivity index (χ2n) is 6.42. The molecule has 7 nitrogen and oxygen atoms in total. The lowest BCUT2D eigenvalue weighted by atomic mass is 10.1. The third-order valence-electron chi connectivity index (χ3n) is 4.17. The quantitative estimate of drug-likeness (QED) is 0.497. The first-order chi connectivity index (χ1) is 13.6. The van der Waals surface area contributed by atoms with E-state index in [9.17, 15) is 18.0 Å². The fourth-order valence-electron chi connectivity index (χ4n) is 2.36. The third kappa shape index (κ3) is 6.20. The number of rotatable bonds is 8. The van der Waals surface area contributed by atoms with E-state index in [2.05, 4.69) is 5.32 Å². The number of anilines is 2. The fraction of sp³-hybridized carbons (Fsp3) is 0.300. The molecule has 0 aliphatic rings. The Labute approximate surface area is 175 Å². The molecule has 0 saturated heterocycles. The summed E-state index contributed by atoms with van der Waals surface area (Å²) in [6.45, 7) is 2.37. The summed E-state index contributed by atoms with van der Waals surface area (Å²) in [5.41, 5.74) is 1.28. The first kappa shape index (κ1) is 22.7. The normalized spacial score (nSPS) is 11.0. The van der Waals surface area contributed by atoms with Crippen LogP contribution in [0.3, 0.4) is 0 Å². The molecule has 2 aromatic rings. The molecule has 0 atom stereocenters. The number of halogens is 1. The summed E-state index contributed by atoms with van der Waals surface area (Å²) in [5, 5.41) is 2.86. The number of esters is 1. The van der Waals surface area contributed by atoms with Gasteiger partial charge in [-0.1, -0.05) is 24.9 Å². The number of amides is 1. The Bertz CT molecular complexity index is 990. The van der Waals surface area contributed by atoms with Crippen LogP contribution in [0.15, 0.2) is 42.5 Å². The summed E-state index contributed by atoms with van der Waals surface area (Å²) in [4.78, 5) is 24.5. The monoisotopic (exact) mass is 438 g/mol. The number of unbranched alkanes of at least 4 members (excludes halogenated alkanes) is 1. The molecule has 2 aromatic carbocycles. The number of hydrogen-bond acceptors (Lipinski definition) is 5. The van der Waals surface area contributed by atoms with Crippen LogP contribution in [0.5, 0.6) is 0 Å². The zero-order chi connectivity index (χ0) is 21.6. The molecule has 0 spiro atoms. The van der Waals surface area contributed by atoms with E-state index >= 15 is 0 Å². The van der Waals surface area contributed by atoms with Crippen molar-refractivity contribution in [2.45, 2.75) is 19.8 Å². The minimum atomic E-state index is -3.48. The Morgan fingerprint density at radius 3 is 2.38 bits per heavy atom. The van der Waals surface area contributed by atoms with Gasteiger partial charge in [0.25, 0.3) is 5.91 Å². The van der Waals surface area contributed by atoms with Crippen LogP contribution < -0.4 is 9.62 Å². The minimum absolute atomic E-state index is 0.128. The van der Waals surface area contributed by atoms with Gasteiger partial charge in [0.2, 0.25) is 10.0 Å². The van der Waals surface area contributed by atoms with Crippen molar-refractivity contribution in [2.75, 3.05) is 29.5 Å². The van der Waals surface area contributed by atoms with Gasteiger partial charge in [-0.15, -0.1) is 0 Å². The van der Waals surface area contributed by atoms with E-state index < -0.39 is 21.9 Å². The SMILES string of the molecule is CCCCOC(=O)c1ccc(NC(=O)c2cc(N(C)S(C)(=O)=O)ccc2Cl)cc1. The van der Waals surface area contributed by atoms with E-state index in [1.165, 1.54) is 25.2 Å². The van der Waals surface area contributed by atoms with Crippen LogP contribution in [0, 0.1) is 0 Å². The molecule has 0 bridgehead atoms. The summed E-state index contributed by atoms with van der Waals surface area (Å²) in [6, 6.07) is 10.6. The number of nitrogens with one attached hydrogen (secondary N) is 1. The maximum atomic E-state index is 12.6. The molecule has 156 valence electrons. The molecule has 0 aliphatic heterocycles. The largest absolute Gasteiger partial charge is 0.462 e. The molecule has 0 heterocycles. The molecule has 0 radical (unpaired) electrons. The van der Waals surface area contributed by atoms with Crippen LogP contribution in [0.1, 0.15) is 40.5 Å². The van der Waals surface area contributed by atoms with Gasteiger partial charge in [0.15, 0.2) is 0 Å². The van der Waals surface area contributed by atoms with Gasteiger partial charge in [0.05, 0.1) is 34.7 Å². The van der Waals surface area contributed by atoms with Crippen molar-refractivity contribution in [3.05, 3.63) is 58.6 Å². The molecule has 0 unspecified atom stereocenters. The Kier molecular flexibility index (Phi) is 7.64. The van der Waals surface area contributed by atoms with E-state index in [0.29, 0.717) is 23.5 Å². The van der Waals surface area contributed by atoms with Crippen molar-refractivity contribution in [1.29, 1.82) is 0 Å². The summed E-state index contributed by atoms with van der Waals surface area (Å²) in [6.07, 6.45) is 2.80. The number of sulfonamides is 1. The zero-order valence-corrected chi connectivity index (χ0v) is 18.0. The van der Waals surface area contributed by atoms with Gasteiger partial charge in [-0.3, -0.25) is 9.10 Å². The van der Waals surface area contributed by atoms with Crippen LogP contribution in [-0.4, -0.2) is 40.2 Å². The average Bonchev–Trinajstić information content (AvgIpc) is 2.67. The van der Waals surface area contributed by atoms with Gasteiger partial charge in [-0.05, 0) is 48.9 Å². The Hall–Kier alpha value is -2.58. The molecule has 0 aliphatic carbocycles. The second kappa shape index (κ2) is 9.76. The van der Waals surface area contributed by atoms with Gasteiger partial charge < -0.3 is 10.1 Å². The molecule has 29 heavy (non-hydrogen) atoms. The average molecular weight is 439 g/mol. The molecule has 1 N–H and O–H groups in total. The number of hydrogen-bond donors (Lipinski definition) is 1. The first-order valence-electron chi connectivity index (χ1n) is 8.95. The van der Waals surface area contributed by atoms with Crippen LogP contribution in [0.4, 0.5) is 11.4 Å². The highest BCUT2D eigenvalue weighted by Gasteiger charge is 2.17. The van der Waals surface area contributed by atoms with E-state index in [1.54, 1.807) is 24.3 Å². The predicted octanol–water partition coefficient (Wildman–Crippen LogP) is 3.95. The Balaban J connectivity index is 2.13. The van der Waals surface area contributed by atoms with E-state index in [-0.39, 0.29) is 10.6 Å². The van der Waals surface area contributed by atoms with Gasteiger partial charge in [0.1, 0.15) is 0 Å². The van der Waals surface area contributed by atoms with E-state index in [1.807, 2.05) is 6.92 Å². The predicted molar refractivity (Wildman–Crippen MR) is 114 cm³/mol. The van der Waals surface area contributed by atoms with Gasteiger partial charge in [-0.25, -0.2) is 13.2 Å². The highest BCUT2D eigenvalue weighted by Crippen LogP contribution is 2.25. The topological polar surface area (TPSA) is 92.8 Å². The summed E-state index contributed by atoms with van der Waals surface area (Å²) < 4.78 is 29.6. The second-order valence-corrected chi connectivity index (χ2v) is 8.84. The Morgan fingerprint density at radius 1 is 1.14 bits per heavy atom. The van der Waals surface area contributed by atoms with Crippen molar-refractivity contribution in [3.63, 3.8) is 0 Å². The number of carbonyl (C=O) groups excluding carboxylic acids is 2. The lowest BCUT2D eigenvalue weighted by Gasteiger charge is -2.18. The van der Waals surface area contributed by atoms with E-state index in [4.69, 9.17) is 16.3 Å². The highest BCUT2D eigenvalue weighted by molar-refractivity contribution is 7.92.